The molecule has 0 unspecified atom stereocenters. The highest BCUT2D eigenvalue weighted by Crippen LogP contribution is 2.43. The van der Waals surface area contributed by atoms with Crippen LogP contribution in [-0.2, 0) is 0 Å². The third-order valence-corrected chi connectivity index (χ3v) is 8.46. The van der Waals surface area contributed by atoms with Crippen LogP contribution in [0.3, 0.4) is 0 Å². The molecule has 48 heavy (non-hydrogen) atoms. The van der Waals surface area contributed by atoms with E-state index >= 15 is 0 Å². The van der Waals surface area contributed by atoms with Gasteiger partial charge in [-0.3, -0.25) is 10.8 Å². The molecule has 5 aromatic carbocycles. The van der Waals surface area contributed by atoms with Gasteiger partial charge in [-0.15, -0.1) is 0 Å². The SMILES string of the molecule is Cc1nc(C)nc(-c2ccc(-c3c(-c4cccc(C#N)c4)cccc3-c3ccccc3C3=CC=C(c4ccccc4)C(=N)C3=N)cc2)n1. The summed E-state index contributed by atoms with van der Waals surface area (Å²) >= 11 is 0. The summed E-state index contributed by atoms with van der Waals surface area (Å²) in [6, 6.07) is 42.2. The van der Waals surface area contributed by atoms with Crippen molar-refractivity contribution >= 4 is 22.6 Å². The van der Waals surface area contributed by atoms with Gasteiger partial charge in [0.05, 0.1) is 23.1 Å². The number of aromatic nitrogens is 3. The first kappa shape index (κ1) is 30.1. The zero-order valence-electron chi connectivity index (χ0n) is 26.5. The average Bonchev–Trinajstić information content (AvgIpc) is 3.12. The van der Waals surface area contributed by atoms with Crippen LogP contribution in [0, 0.1) is 36.0 Å². The molecule has 6 aromatic rings. The van der Waals surface area contributed by atoms with E-state index in [2.05, 4.69) is 51.4 Å². The number of rotatable bonds is 6. The van der Waals surface area contributed by atoms with Crippen LogP contribution in [0.25, 0.3) is 55.9 Å². The number of nitrogens with one attached hydrogen (secondary N) is 2. The van der Waals surface area contributed by atoms with E-state index in [0.29, 0.717) is 28.6 Å². The van der Waals surface area contributed by atoms with Gasteiger partial charge >= 0.3 is 0 Å². The highest BCUT2D eigenvalue weighted by Gasteiger charge is 2.24. The lowest BCUT2D eigenvalue weighted by Gasteiger charge is -2.22. The fraction of sp³-hybridized carbons (Fsp3) is 0.0476. The molecule has 1 aliphatic carbocycles. The molecule has 7 rings (SSSR count). The van der Waals surface area contributed by atoms with Crippen LogP contribution >= 0.6 is 0 Å². The maximum absolute atomic E-state index is 9.71. The zero-order chi connectivity index (χ0) is 33.2. The Kier molecular flexibility index (Phi) is 7.94. The van der Waals surface area contributed by atoms with Crippen LogP contribution in [0.4, 0.5) is 0 Å². The second kappa shape index (κ2) is 12.7. The van der Waals surface area contributed by atoms with Crippen molar-refractivity contribution in [2.24, 2.45) is 0 Å². The second-order valence-electron chi connectivity index (χ2n) is 11.6. The van der Waals surface area contributed by atoms with Gasteiger partial charge in [0.15, 0.2) is 5.82 Å². The summed E-state index contributed by atoms with van der Waals surface area (Å²) in [5.41, 5.74) is 10.8. The highest BCUT2D eigenvalue weighted by molar-refractivity contribution is 6.68. The smallest absolute Gasteiger partial charge is 0.163 e. The predicted octanol–water partition coefficient (Wildman–Crippen LogP) is 9.55. The molecule has 6 nitrogen and oxygen atoms in total. The first-order valence-electron chi connectivity index (χ1n) is 15.6. The molecule has 2 N–H and O–H groups in total. The summed E-state index contributed by atoms with van der Waals surface area (Å²) in [5, 5.41) is 27.8. The minimum Gasteiger partial charge on any atom is -0.298 e. The Hall–Kier alpha value is -6.58. The van der Waals surface area contributed by atoms with Crippen molar-refractivity contribution in [1.29, 1.82) is 16.1 Å². The van der Waals surface area contributed by atoms with Gasteiger partial charge in [0.25, 0.3) is 0 Å². The van der Waals surface area contributed by atoms with E-state index in [0.717, 1.165) is 55.6 Å². The van der Waals surface area contributed by atoms with E-state index in [-0.39, 0.29) is 11.4 Å². The van der Waals surface area contributed by atoms with Gasteiger partial charge in [0.1, 0.15) is 11.6 Å². The lowest BCUT2D eigenvalue weighted by molar-refractivity contribution is 0.928. The van der Waals surface area contributed by atoms with E-state index in [9.17, 15) is 5.26 Å². The van der Waals surface area contributed by atoms with Gasteiger partial charge in [0, 0.05) is 16.7 Å². The number of nitriles is 1. The third-order valence-electron chi connectivity index (χ3n) is 8.46. The van der Waals surface area contributed by atoms with Crippen LogP contribution in [0.15, 0.2) is 133 Å². The van der Waals surface area contributed by atoms with Crippen LogP contribution in [0.2, 0.25) is 0 Å². The maximum atomic E-state index is 9.71. The second-order valence-corrected chi connectivity index (χ2v) is 11.6. The van der Waals surface area contributed by atoms with E-state index in [4.69, 9.17) is 10.8 Å². The molecule has 0 atom stereocenters. The molecular weight excluding hydrogens is 589 g/mol. The van der Waals surface area contributed by atoms with Crippen molar-refractivity contribution in [2.75, 3.05) is 0 Å². The summed E-state index contributed by atoms with van der Waals surface area (Å²) in [6.07, 6.45) is 3.89. The molecular formula is C42H30N6. The first-order valence-corrected chi connectivity index (χ1v) is 15.6. The van der Waals surface area contributed by atoms with Crippen molar-refractivity contribution in [3.05, 3.63) is 162 Å². The minimum absolute atomic E-state index is 0.176. The van der Waals surface area contributed by atoms with Crippen LogP contribution in [-0.4, -0.2) is 26.4 Å². The minimum atomic E-state index is 0.176. The molecule has 0 spiro atoms. The standard InChI is InChI=1S/C42H30N6/c1-26-46-27(2)48-42(47-26)31-20-18-30(19-21-31)39-33(32-13-8-10-28(24-32)25-43)16-9-17-37(39)35-14-6-7-15-36(35)38-23-22-34(40(44)41(38)45)29-11-4-3-5-12-29/h3-24,44-45H,1-2H3. The fourth-order valence-electron chi connectivity index (χ4n) is 6.25. The molecule has 0 saturated heterocycles. The van der Waals surface area contributed by atoms with Gasteiger partial charge in [-0.2, -0.15) is 5.26 Å². The topological polar surface area (TPSA) is 110 Å². The molecule has 0 saturated carbocycles. The van der Waals surface area contributed by atoms with Gasteiger partial charge < -0.3 is 0 Å². The van der Waals surface area contributed by atoms with Crippen molar-refractivity contribution in [3.63, 3.8) is 0 Å². The molecule has 1 heterocycles. The van der Waals surface area contributed by atoms with Gasteiger partial charge in [-0.1, -0.05) is 121 Å². The van der Waals surface area contributed by atoms with Crippen LogP contribution in [0.1, 0.15) is 28.3 Å². The molecule has 0 radical (unpaired) electrons. The normalized spacial score (nSPS) is 12.7. The Labute approximate surface area is 279 Å². The molecule has 6 heteroatoms. The lowest BCUT2D eigenvalue weighted by atomic mass is 9.81. The molecule has 1 aliphatic rings. The molecule has 0 aliphatic heterocycles. The quantitative estimate of drug-likeness (QED) is 0.181. The molecule has 0 fully saturated rings. The van der Waals surface area contributed by atoms with Gasteiger partial charge in [-0.05, 0) is 70.5 Å². The molecule has 0 bridgehead atoms. The number of aryl methyl sites for hydroxylation is 2. The zero-order valence-corrected chi connectivity index (χ0v) is 26.5. The summed E-state index contributed by atoms with van der Waals surface area (Å²) < 4.78 is 0. The predicted molar refractivity (Wildman–Crippen MR) is 194 cm³/mol. The number of benzene rings is 5. The van der Waals surface area contributed by atoms with Crippen LogP contribution < -0.4 is 0 Å². The van der Waals surface area contributed by atoms with E-state index in [1.165, 1.54) is 0 Å². The van der Waals surface area contributed by atoms with Crippen molar-refractivity contribution in [3.8, 4) is 50.8 Å². The van der Waals surface area contributed by atoms with Crippen molar-refractivity contribution in [1.82, 2.24) is 15.0 Å². The van der Waals surface area contributed by atoms with Gasteiger partial charge in [0.2, 0.25) is 0 Å². The highest BCUT2D eigenvalue weighted by atomic mass is 15.0. The summed E-state index contributed by atoms with van der Waals surface area (Å²) in [5.74, 6) is 1.97. The Morgan fingerprint density at radius 1 is 0.500 bits per heavy atom. The van der Waals surface area contributed by atoms with Crippen molar-refractivity contribution in [2.45, 2.75) is 13.8 Å². The van der Waals surface area contributed by atoms with Gasteiger partial charge in [-0.25, -0.2) is 15.0 Å². The maximum Gasteiger partial charge on any atom is 0.163 e. The summed E-state index contributed by atoms with van der Waals surface area (Å²) in [4.78, 5) is 13.4. The van der Waals surface area contributed by atoms with Crippen LogP contribution in [0.5, 0.6) is 0 Å². The molecule has 0 amide bonds. The van der Waals surface area contributed by atoms with E-state index in [1.807, 2.05) is 117 Å². The summed E-state index contributed by atoms with van der Waals surface area (Å²) in [6.45, 7) is 3.73. The number of nitrogens with zero attached hydrogens (tertiary/aromatic N) is 4. The van der Waals surface area contributed by atoms with Crippen molar-refractivity contribution < 1.29 is 0 Å². The Morgan fingerprint density at radius 2 is 1.06 bits per heavy atom. The number of hydrogen-bond acceptors (Lipinski definition) is 6. The fourth-order valence-corrected chi connectivity index (χ4v) is 6.25. The van der Waals surface area contributed by atoms with E-state index < -0.39 is 0 Å². The Bertz CT molecular complexity index is 2320. The monoisotopic (exact) mass is 618 g/mol. The third kappa shape index (κ3) is 5.66. The number of allylic oxidation sites excluding steroid dienone is 4. The molecule has 228 valence electrons. The first-order chi connectivity index (χ1) is 23.4. The summed E-state index contributed by atoms with van der Waals surface area (Å²) in [7, 11) is 0. The average molecular weight is 619 g/mol. The Morgan fingerprint density at radius 3 is 1.79 bits per heavy atom. The largest absolute Gasteiger partial charge is 0.298 e. The number of hydrogen-bond donors (Lipinski definition) is 2. The molecule has 1 aromatic heterocycles. The van der Waals surface area contributed by atoms with E-state index in [1.54, 1.807) is 0 Å². The Balaban J connectivity index is 1.42. The lowest BCUT2D eigenvalue weighted by Crippen LogP contribution is -2.19.